The van der Waals surface area contributed by atoms with Crippen LogP contribution in [0.15, 0.2) is 0 Å². The summed E-state index contributed by atoms with van der Waals surface area (Å²) in [5.41, 5.74) is 0. The van der Waals surface area contributed by atoms with Gasteiger partial charge in [0, 0.05) is 6.04 Å². The number of hydrogen-bond donors (Lipinski definition) is 3. The van der Waals surface area contributed by atoms with E-state index in [1.807, 2.05) is 6.92 Å². The summed E-state index contributed by atoms with van der Waals surface area (Å²) in [4.78, 5) is 11.9. The van der Waals surface area contributed by atoms with Crippen molar-refractivity contribution in [3.63, 3.8) is 0 Å². The Labute approximate surface area is 97.8 Å². The van der Waals surface area contributed by atoms with Crippen LogP contribution in [0.5, 0.6) is 0 Å². The number of amides is 1. The Hall–Kier alpha value is -0.610. The normalized spacial score (nSPS) is 25.6. The van der Waals surface area contributed by atoms with Crippen LogP contribution in [-0.2, 0) is 4.79 Å². The van der Waals surface area contributed by atoms with E-state index in [2.05, 4.69) is 10.6 Å². The number of aliphatic hydroxyl groups excluding tert-OH is 1. The van der Waals surface area contributed by atoms with Gasteiger partial charge < -0.3 is 15.7 Å². The van der Waals surface area contributed by atoms with E-state index in [0.29, 0.717) is 6.42 Å². The lowest BCUT2D eigenvalue weighted by atomic mass is 10.1. The number of hydrogen-bond acceptors (Lipinski definition) is 3. The fraction of sp³-hybridized carbons (Fsp3) is 0.917. The number of carbonyl (C=O) groups is 1. The summed E-state index contributed by atoms with van der Waals surface area (Å²) in [6.45, 7) is 4.61. The molecule has 0 saturated carbocycles. The zero-order valence-corrected chi connectivity index (χ0v) is 10.3. The van der Waals surface area contributed by atoms with Crippen LogP contribution >= 0.6 is 0 Å². The maximum absolute atomic E-state index is 11.9. The van der Waals surface area contributed by atoms with Gasteiger partial charge in [-0.05, 0) is 39.7 Å². The summed E-state index contributed by atoms with van der Waals surface area (Å²) in [6.07, 6.45) is 4.66. The Bertz CT molecular complexity index is 211. The van der Waals surface area contributed by atoms with Crippen molar-refractivity contribution in [3.05, 3.63) is 0 Å². The van der Waals surface area contributed by atoms with E-state index < -0.39 is 0 Å². The summed E-state index contributed by atoms with van der Waals surface area (Å²) in [7, 11) is 0. The highest BCUT2D eigenvalue weighted by Gasteiger charge is 2.20. The van der Waals surface area contributed by atoms with E-state index in [1.165, 1.54) is 6.42 Å². The Balaban J connectivity index is 2.32. The third-order valence-corrected chi connectivity index (χ3v) is 2.96. The molecule has 0 aromatic carbocycles. The first-order chi connectivity index (χ1) is 7.59. The lowest BCUT2D eigenvalue weighted by Gasteiger charge is -2.20. The van der Waals surface area contributed by atoms with Gasteiger partial charge in [-0.2, -0.15) is 0 Å². The molecule has 3 unspecified atom stereocenters. The number of nitrogens with one attached hydrogen (secondary N) is 2. The molecule has 1 amide bonds. The number of carbonyl (C=O) groups excluding carboxylic acids is 1. The molecule has 1 fully saturated rings. The van der Waals surface area contributed by atoms with Crippen LogP contribution in [0.1, 0.15) is 46.0 Å². The first-order valence-electron chi connectivity index (χ1n) is 6.31. The Kier molecular flexibility index (Phi) is 5.77. The van der Waals surface area contributed by atoms with Crippen molar-refractivity contribution >= 4 is 5.91 Å². The topological polar surface area (TPSA) is 61.4 Å². The molecule has 1 aliphatic rings. The quantitative estimate of drug-likeness (QED) is 0.667. The predicted octanol–water partition coefficient (Wildman–Crippen LogP) is 0.794. The van der Waals surface area contributed by atoms with Gasteiger partial charge in [-0.3, -0.25) is 4.79 Å². The van der Waals surface area contributed by atoms with Crippen LogP contribution in [0.4, 0.5) is 0 Å². The van der Waals surface area contributed by atoms with Gasteiger partial charge in [-0.25, -0.2) is 0 Å². The summed E-state index contributed by atoms with van der Waals surface area (Å²) in [5, 5.41) is 15.4. The zero-order valence-electron chi connectivity index (χ0n) is 10.3. The van der Waals surface area contributed by atoms with Crippen LogP contribution in [0.25, 0.3) is 0 Å². The Morgan fingerprint density at radius 1 is 1.44 bits per heavy atom. The van der Waals surface area contributed by atoms with Gasteiger partial charge >= 0.3 is 0 Å². The van der Waals surface area contributed by atoms with Crippen molar-refractivity contribution < 1.29 is 9.90 Å². The van der Waals surface area contributed by atoms with E-state index in [0.717, 1.165) is 25.8 Å². The molecular weight excluding hydrogens is 204 g/mol. The van der Waals surface area contributed by atoms with Crippen molar-refractivity contribution in [1.29, 1.82) is 0 Å². The lowest BCUT2D eigenvalue weighted by Crippen LogP contribution is -2.47. The molecule has 4 nitrogen and oxygen atoms in total. The van der Waals surface area contributed by atoms with Gasteiger partial charge in [-0.1, -0.05) is 12.8 Å². The van der Waals surface area contributed by atoms with E-state index in [4.69, 9.17) is 0 Å². The SMILES string of the molecule is CC(O)CC(C)NC(=O)C1CCCCCN1. The van der Waals surface area contributed by atoms with Gasteiger partial charge in [0.25, 0.3) is 0 Å². The zero-order chi connectivity index (χ0) is 12.0. The second-order valence-electron chi connectivity index (χ2n) is 4.85. The van der Waals surface area contributed by atoms with Crippen LogP contribution in [0.3, 0.4) is 0 Å². The molecular formula is C12H24N2O2. The average Bonchev–Trinajstić information content (AvgIpc) is 2.43. The predicted molar refractivity (Wildman–Crippen MR) is 64.2 cm³/mol. The van der Waals surface area contributed by atoms with Crippen LogP contribution < -0.4 is 10.6 Å². The molecule has 3 atom stereocenters. The summed E-state index contributed by atoms with van der Waals surface area (Å²) >= 11 is 0. The molecule has 0 aromatic rings. The number of rotatable bonds is 4. The van der Waals surface area contributed by atoms with E-state index >= 15 is 0 Å². The standard InChI is InChI=1S/C12H24N2O2/c1-9(8-10(2)15)14-12(16)11-6-4-3-5-7-13-11/h9-11,13,15H,3-8H2,1-2H3,(H,14,16). The largest absolute Gasteiger partial charge is 0.393 e. The smallest absolute Gasteiger partial charge is 0.237 e. The molecule has 0 radical (unpaired) electrons. The second kappa shape index (κ2) is 6.86. The number of aliphatic hydroxyl groups is 1. The molecule has 94 valence electrons. The fourth-order valence-corrected chi connectivity index (χ4v) is 2.17. The van der Waals surface area contributed by atoms with Crippen molar-refractivity contribution in [2.75, 3.05) is 6.54 Å². The van der Waals surface area contributed by atoms with Crippen LogP contribution in [0.2, 0.25) is 0 Å². The third kappa shape index (κ3) is 4.94. The molecule has 0 spiro atoms. The molecule has 4 heteroatoms. The van der Waals surface area contributed by atoms with Gasteiger partial charge in [0.1, 0.15) is 0 Å². The highest BCUT2D eigenvalue weighted by Crippen LogP contribution is 2.09. The minimum absolute atomic E-state index is 0.0394. The first kappa shape index (κ1) is 13.5. The maximum Gasteiger partial charge on any atom is 0.237 e. The second-order valence-corrected chi connectivity index (χ2v) is 4.85. The summed E-state index contributed by atoms with van der Waals surface area (Å²) in [5.74, 6) is 0.0788. The lowest BCUT2D eigenvalue weighted by molar-refractivity contribution is -0.124. The molecule has 0 aliphatic carbocycles. The van der Waals surface area contributed by atoms with E-state index in [1.54, 1.807) is 6.92 Å². The Morgan fingerprint density at radius 2 is 2.19 bits per heavy atom. The molecule has 1 rings (SSSR count). The highest BCUT2D eigenvalue weighted by molar-refractivity contribution is 5.81. The van der Waals surface area contributed by atoms with Crippen molar-refractivity contribution in [3.8, 4) is 0 Å². The van der Waals surface area contributed by atoms with Crippen molar-refractivity contribution in [2.45, 2.75) is 64.1 Å². The first-order valence-corrected chi connectivity index (χ1v) is 6.31. The molecule has 1 heterocycles. The average molecular weight is 228 g/mol. The van der Waals surface area contributed by atoms with E-state index in [-0.39, 0.29) is 24.1 Å². The monoisotopic (exact) mass is 228 g/mol. The molecule has 0 bridgehead atoms. The van der Waals surface area contributed by atoms with Gasteiger partial charge in [-0.15, -0.1) is 0 Å². The summed E-state index contributed by atoms with van der Waals surface area (Å²) < 4.78 is 0. The van der Waals surface area contributed by atoms with Gasteiger partial charge in [0.05, 0.1) is 12.1 Å². The van der Waals surface area contributed by atoms with Crippen LogP contribution in [-0.4, -0.2) is 35.7 Å². The molecule has 1 aliphatic heterocycles. The minimum Gasteiger partial charge on any atom is -0.393 e. The molecule has 16 heavy (non-hydrogen) atoms. The highest BCUT2D eigenvalue weighted by atomic mass is 16.3. The van der Waals surface area contributed by atoms with Gasteiger partial charge in [0.2, 0.25) is 5.91 Å². The van der Waals surface area contributed by atoms with Crippen LogP contribution in [0, 0.1) is 0 Å². The van der Waals surface area contributed by atoms with Crippen molar-refractivity contribution in [2.24, 2.45) is 0 Å². The fourth-order valence-electron chi connectivity index (χ4n) is 2.17. The van der Waals surface area contributed by atoms with E-state index in [9.17, 15) is 9.90 Å². The molecule has 0 aromatic heterocycles. The van der Waals surface area contributed by atoms with Crippen molar-refractivity contribution in [1.82, 2.24) is 10.6 Å². The minimum atomic E-state index is -0.364. The third-order valence-electron chi connectivity index (χ3n) is 2.96. The molecule has 1 saturated heterocycles. The Morgan fingerprint density at radius 3 is 2.88 bits per heavy atom. The molecule has 3 N–H and O–H groups in total. The van der Waals surface area contributed by atoms with Gasteiger partial charge in [0.15, 0.2) is 0 Å². The maximum atomic E-state index is 11.9. The summed E-state index contributed by atoms with van der Waals surface area (Å²) in [6, 6.07) is -0.00324.